The summed E-state index contributed by atoms with van der Waals surface area (Å²) in [7, 11) is 0. The van der Waals surface area contributed by atoms with Crippen molar-refractivity contribution in [1.29, 1.82) is 0 Å². The van der Waals surface area contributed by atoms with E-state index < -0.39 is 12.1 Å². The SMILES string of the molecule is O=C(CCOc1ccccc1)NCc1ccc(NC(=O)C(F)(F)F)cc1. The molecule has 0 aliphatic heterocycles. The quantitative estimate of drug-likeness (QED) is 0.790. The summed E-state index contributed by atoms with van der Waals surface area (Å²) in [5.41, 5.74) is 0.714. The zero-order valence-electron chi connectivity index (χ0n) is 13.7. The number of ether oxygens (including phenoxy) is 1. The van der Waals surface area contributed by atoms with Crippen molar-refractivity contribution >= 4 is 17.5 Å². The molecular formula is C18H17F3N2O3. The third kappa shape index (κ3) is 6.46. The lowest BCUT2D eigenvalue weighted by molar-refractivity contribution is -0.167. The molecule has 0 spiro atoms. The molecule has 2 rings (SSSR count). The first-order valence-corrected chi connectivity index (χ1v) is 7.76. The van der Waals surface area contributed by atoms with Crippen molar-refractivity contribution in [2.24, 2.45) is 0 Å². The van der Waals surface area contributed by atoms with Gasteiger partial charge in [-0.1, -0.05) is 30.3 Å². The summed E-state index contributed by atoms with van der Waals surface area (Å²) in [6.45, 7) is 0.454. The molecule has 0 aliphatic carbocycles. The van der Waals surface area contributed by atoms with Gasteiger partial charge in [-0.3, -0.25) is 9.59 Å². The molecule has 0 bridgehead atoms. The average molecular weight is 366 g/mol. The molecule has 2 aromatic rings. The van der Waals surface area contributed by atoms with Crippen LogP contribution in [0, 0.1) is 0 Å². The van der Waals surface area contributed by atoms with E-state index in [1.165, 1.54) is 24.3 Å². The normalized spacial score (nSPS) is 10.9. The van der Waals surface area contributed by atoms with E-state index in [0.717, 1.165) is 0 Å². The van der Waals surface area contributed by atoms with E-state index >= 15 is 0 Å². The van der Waals surface area contributed by atoms with Crippen molar-refractivity contribution in [2.75, 3.05) is 11.9 Å². The van der Waals surface area contributed by atoms with Crippen LogP contribution in [0.3, 0.4) is 0 Å². The second kappa shape index (κ2) is 8.89. The maximum Gasteiger partial charge on any atom is 0.471 e. The highest BCUT2D eigenvalue weighted by atomic mass is 19.4. The van der Waals surface area contributed by atoms with Gasteiger partial charge in [0.15, 0.2) is 0 Å². The van der Waals surface area contributed by atoms with Gasteiger partial charge in [0.1, 0.15) is 5.75 Å². The number of benzene rings is 2. The predicted molar refractivity (Wildman–Crippen MR) is 89.5 cm³/mol. The van der Waals surface area contributed by atoms with E-state index in [2.05, 4.69) is 5.32 Å². The topological polar surface area (TPSA) is 67.4 Å². The number of para-hydroxylation sites is 1. The Hall–Kier alpha value is -3.03. The fourth-order valence-corrected chi connectivity index (χ4v) is 1.98. The van der Waals surface area contributed by atoms with E-state index in [1.54, 1.807) is 17.4 Å². The van der Waals surface area contributed by atoms with Crippen molar-refractivity contribution in [3.8, 4) is 5.75 Å². The zero-order valence-corrected chi connectivity index (χ0v) is 13.7. The minimum Gasteiger partial charge on any atom is -0.493 e. The van der Waals surface area contributed by atoms with Crippen LogP contribution in [-0.4, -0.2) is 24.6 Å². The molecule has 0 radical (unpaired) electrons. The van der Waals surface area contributed by atoms with Crippen LogP contribution >= 0.6 is 0 Å². The van der Waals surface area contributed by atoms with Gasteiger partial charge in [-0.05, 0) is 29.8 Å². The second-order valence-electron chi connectivity index (χ2n) is 5.34. The van der Waals surface area contributed by atoms with Crippen LogP contribution in [0.2, 0.25) is 0 Å². The molecule has 0 heterocycles. The molecule has 138 valence electrons. The van der Waals surface area contributed by atoms with Crippen LogP contribution in [0.5, 0.6) is 5.75 Å². The number of hydrogen-bond donors (Lipinski definition) is 2. The monoisotopic (exact) mass is 366 g/mol. The first-order chi connectivity index (χ1) is 12.3. The highest BCUT2D eigenvalue weighted by molar-refractivity contribution is 5.94. The van der Waals surface area contributed by atoms with Crippen molar-refractivity contribution < 1.29 is 27.5 Å². The number of alkyl halides is 3. The molecule has 0 unspecified atom stereocenters. The van der Waals surface area contributed by atoms with Crippen molar-refractivity contribution in [3.63, 3.8) is 0 Å². The maximum absolute atomic E-state index is 12.2. The summed E-state index contributed by atoms with van der Waals surface area (Å²) in [4.78, 5) is 22.6. The number of halogens is 3. The Morgan fingerprint density at radius 3 is 2.23 bits per heavy atom. The van der Waals surface area contributed by atoms with E-state index in [9.17, 15) is 22.8 Å². The summed E-state index contributed by atoms with van der Waals surface area (Å²) in [6, 6.07) is 14.8. The summed E-state index contributed by atoms with van der Waals surface area (Å²) < 4.78 is 41.9. The third-order valence-corrected chi connectivity index (χ3v) is 3.30. The number of rotatable bonds is 7. The van der Waals surface area contributed by atoms with Crippen LogP contribution in [0.4, 0.5) is 18.9 Å². The second-order valence-corrected chi connectivity index (χ2v) is 5.34. The number of nitrogens with one attached hydrogen (secondary N) is 2. The zero-order chi connectivity index (χ0) is 19.0. The Morgan fingerprint density at radius 2 is 1.62 bits per heavy atom. The molecule has 26 heavy (non-hydrogen) atoms. The van der Waals surface area contributed by atoms with Gasteiger partial charge in [0, 0.05) is 12.2 Å². The van der Waals surface area contributed by atoms with Gasteiger partial charge in [-0.15, -0.1) is 0 Å². The van der Waals surface area contributed by atoms with Gasteiger partial charge in [0.25, 0.3) is 0 Å². The van der Waals surface area contributed by atoms with E-state index in [-0.39, 0.29) is 31.2 Å². The largest absolute Gasteiger partial charge is 0.493 e. The van der Waals surface area contributed by atoms with Gasteiger partial charge in [-0.25, -0.2) is 0 Å². The van der Waals surface area contributed by atoms with Crippen molar-refractivity contribution in [1.82, 2.24) is 5.32 Å². The van der Waals surface area contributed by atoms with Crippen LogP contribution in [0.25, 0.3) is 0 Å². The summed E-state index contributed by atoms with van der Waals surface area (Å²) in [6.07, 6.45) is -4.76. The van der Waals surface area contributed by atoms with Gasteiger partial charge < -0.3 is 15.4 Å². The molecule has 0 aliphatic rings. The van der Waals surface area contributed by atoms with E-state index in [1.807, 2.05) is 18.2 Å². The first kappa shape index (κ1) is 19.3. The Labute approximate surface area is 148 Å². The van der Waals surface area contributed by atoms with Crippen molar-refractivity contribution in [2.45, 2.75) is 19.1 Å². The third-order valence-electron chi connectivity index (χ3n) is 3.30. The van der Waals surface area contributed by atoms with Gasteiger partial charge in [0.2, 0.25) is 5.91 Å². The lowest BCUT2D eigenvalue weighted by Gasteiger charge is -2.09. The van der Waals surface area contributed by atoms with Gasteiger partial charge >= 0.3 is 12.1 Å². The van der Waals surface area contributed by atoms with Gasteiger partial charge in [-0.2, -0.15) is 13.2 Å². The van der Waals surface area contributed by atoms with Crippen LogP contribution in [-0.2, 0) is 16.1 Å². The van der Waals surface area contributed by atoms with Gasteiger partial charge in [0.05, 0.1) is 13.0 Å². The molecule has 0 aromatic heterocycles. The molecule has 5 nitrogen and oxygen atoms in total. The predicted octanol–water partition coefficient (Wildman–Crippen LogP) is 3.27. The fraction of sp³-hybridized carbons (Fsp3) is 0.222. The van der Waals surface area contributed by atoms with Crippen molar-refractivity contribution in [3.05, 3.63) is 60.2 Å². The van der Waals surface area contributed by atoms with Crippen LogP contribution in [0.15, 0.2) is 54.6 Å². The first-order valence-electron chi connectivity index (χ1n) is 7.76. The Morgan fingerprint density at radius 1 is 0.962 bits per heavy atom. The summed E-state index contributed by atoms with van der Waals surface area (Å²) >= 11 is 0. The molecule has 0 fully saturated rings. The molecule has 0 saturated carbocycles. The fourth-order valence-electron chi connectivity index (χ4n) is 1.98. The number of anilines is 1. The van der Waals surface area contributed by atoms with Crippen LogP contribution < -0.4 is 15.4 Å². The standard InChI is InChI=1S/C18H17F3N2O3/c19-18(20,21)17(25)23-14-8-6-13(7-9-14)12-22-16(24)10-11-26-15-4-2-1-3-5-15/h1-9H,10-12H2,(H,22,24)(H,23,25). The lowest BCUT2D eigenvalue weighted by Crippen LogP contribution is -2.29. The number of carbonyl (C=O) groups excluding carboxylic acids is 2. The Balaban J connectivity index is 1.71. The molecular weight excluding hydrogens is 349 g/mol. The lowest BCUT2D eigenvalue weighted by atomic mass is 10.2. The Kier molecular flexibility index (Phi) is 6.60. The minimum absolute atomic E-state index is 0.0265. The highest BCUT2D eigenvalue weighted by Crippen LogP contribution is 2.18. The molecule has 2 aromatic carbocycles. The Bertz CT molecular complexity index is 732. The number of hydrogen-bond acceptors (Lipinski definition) is 3. The molecule has 2 amide bonds. The summed E-state index contributed by atoms with van der Waals surface area (Å²) in [5, 5.41) is 4.43. The van der Waals surface area contributed by atoms with E-state index in [4.69, 9.17) is 4.74 Å². The minimum atomic E-state index is -4.94. The molecule has 2 N–H and O–H groups in total. The van der Waals surface area contributed by atoms with E-state index in [0.29, 0.717) is 11.3 Å². The van der Waals surface area contributed by atoms with Crippen LogP contribution in [0.1, 0.15) is 12.0 Å². The molecule has 8 heteroatoms. The smallest absolute Gasteiger partial charge is 0.471 e. The molecule has 0 saturated heterocycles. The summed E-state index contributed by atoms with van der Waals surface area (Å²) in [5.74, 6) is -1.57. The maximum atomic E-state index is 12.2. The number of carbonyl (C=O) groups is 2. The highest BCUT2D eigenvalue weighted by Gasteiger charge is 2.38. The number of amides is 2. The average Bonchev–Trinajstić information content (AvgIpc) is 2.61. The molecule has 0 atom stereocenters.